The van der Waals surface area contributed by atoms with Gasteiger partial charge in [0.15, 0.2) is 0 Å². The monoisotopic (exact) mass is 422 g/mol. The number of amides is 2. The van der Waals surface area contributed by atoms with Crippen LogP contribution in [0.5, 0.6) is 0 Å². The molecule has 0 saturated heterocycles. The molecule has 5 rings (SSSR count). The van der Waals surface area contributed by atoms with Gasteiger partial charge in [-0.25, -0.2) is 4.98 Å². The van der Waals surface area contributed by atoms with Crippen molar-refractivity contribution in [3.05, 3.63) is 90.0 Å². The molecule has 32 heavy (non-hydrogen) atoms. The molecule has 1 aliphatic rings. The summed E-state index contributed by atoms with van der Waals surface area (Å²) in [4.78, 5) is 32.6. The SMILES string of the molecule is O=C(/C=C/c1ccc(C(=O)NC2CC2)cc1)Nc1ccccc1-c1nc2ccccc2[nH]1. The molecule has 6 nitrogen and oxygen atoms in total. The molecule has 0 bridgehead atoms. The first-order chi connectivity index (χ1) is 15.7. The summed E-state index contributed by atoms with van der Waals surface area (Å²) in [5.41, 5.74) is 4.77. The molecule has 4 aromatic rings. The highest BCUT2D eigenvalue weighted by molar-refractivity contribution is 6.04. The van der Waals surface area contributed by atoms with Crippen LogP contribution < -0.4 is 10.6 Å². The van der Waals surface area contributed by atoms with Gasteiger partial charge in [0.2, 0.25) is 5.91 Å². The zero-order chi connectivity index (χ0) is 21.9. The first-order valence-electron chi connectivity index (χ1n) is 10.6. The predicted octanol–water partition coefficient (Wildman–Crippen LogP) is 4.77. The Morgan fingerprint density at radius 1 is 0.938 bits per heavy atom. The van der Waals surface area contributed by atoms with Crippen molar-refractivity contribution in [2.45, 2.75) is 18.9 Å². The number of benzene rings is 3. The van der Waals surface area contributed by atoms with E-state index in [1.54, 1.807) is 18.2 Å². The molecule has 1 saturated carbocycles. The number of hydrogen-bond donors (Lipinski definition) is 3. The largest absolute Gasteiger partial charge is 0.349 e. The smallest absolute Gasteiger partial charge is 0.251 e. The van der Waals surface area contributed by atoms with E-state index in [1.165, 1.54) is 6.08 Å². The van der Waals surface area contributed by atoms with Gasteiger partial charge in [-0.1, -0.05) is 36.4 Å². The Kier molecular flexibility index (Phi) is 5.25. The second-order valence-electron chi connectivity index (χ2n) is 7.84. The quantitative estimate of drug-likeness (QED) is 0.391. The zero-order valence-corrected chi connectivity index (χ0v) is 17.3. The van der Waals surface area contributed by atoms with Crippen LogP contribution in [-0.4, -0.2) is 27.8 Å². The molecule has 3 aromatic carbocycles. The number of anilines is 1. The van der Waals surface area contributed by atoms with Gasteiger partial charge in [-0.15, -0.1) is 0 Å². The molecule has 0 radical (unpaired) electrons. The number of aromatic nitrogens is 2. The van der Waals surface area contributed by atoms with Gasteiger partial charge in [0.1, 0.15) is 5.82 Å². The van der Waals surface area contributed by atoms with Crippen molar-refractivity contribution in [3.63, 3.8) is 0 Å². The second-order valence-corrected chi connectivity index (χ2v) is 7.84. The molecule has 1 aliphatic carbocycles. The first kappa shape index (κ1) is 19.8. The van der Waals surface area contributed by atoms with Gasteiger partial charge in [0.25, 0.3) is 5.91 Å². The Labute approximate surface area is 185 Å². The van der Waals surface area contributed by atoms with Crippen molar-refractivity contribution < 1.29 is 9.59 Å². The van der Waals surface area contributed by atoms with Crippen LogP contribution in [-0.2, 0) is 4.79 Å². The van der Waals surface area contributed by atoms with Gasteiger partial charge < -0.3 is 15.6 Å². The Morgan fingerprint density at radius 3 is 2.47 bits per heavy atom. The lowest BCUT2D eigenvalue weighted by Gasteiger charge is -2.07. The number of fused-ring (bicyclic) bond motifs is 1. The molecule has 0 spiro atoms. The fourth-order valence-electron chi connectivity index (χ4n) is 3.47. The fourth-order valence-corrected chi connectivity index (χ4v) is 3.47. The third kappa shape index (κ3) is 4.44. The maximum Gasteiger partial charge on any atom is 0.251 e. The Morgan fingerprint density at radius 2 is 1.69 bits per heavy atom. The van der Waals surface area contributed by atoms with E-state index in [9.17, 15) is 9.59 Å². The lowest BCUT2D eigenvalue weighted by molar-refractivity contribution is -0.111. The lowest BCUT2D eigenvalue weighted by Crippen LogP contribution is -2.25. The molecule has 1 aromatic heterocycles. The summed E-state index contributed by atoms with van der Waals surface area (Å²) in [6.07, 6.45) is 5.32. The number of para-hydroxylation sites is 3. The summed E-state index contributed by atoms with van der Waals surface area (Å²) < 4.78 is 0. The van der Waals surface area contributed by atoms with E-state index in [2.05, 4.69) is 20.6 Å². The third-order valence-electron chi connectivity index (χ3n) is 5.34. The highest BCUT2D eigenvalue weighted by Gasteiger charge is 2.23. The summed E-state index contributed by atoms with van der Waals surface area (Å²) in [7, 11) is 0. The number of rotatable bonds is 6. The van der Waals surface area contributed by atoms with Crippen LogP contribution in [0.25, 0.3) is 28.5 Å². The molecule has 1 fully saturated rings. The summed E-state index contributed by atoms with van der Waals surface area (Å²) in [5.74, 6) is 0.401. The Hall–Kier alpha value is -4.19. The van der Waals surface area contributed by atoms with E-state index >= 15 is 0 Å². The molecule has 1 heterocycles. The molecule has 0 atom stereocenters. The van der Waals surface area contributed by atoms with E-state index in [0.717, 1.165) is 35.0 Å². The minimum Gasteiger partial charge on any atom is -0.349 e. The fraction of sp³-hybridized carbons (Fsp3) is 0.115. The predicted molar refractivity (Wildman–Crippen MR) is 126 cm³/mol. The van der Waals surface area contributed by atoms with Gasteiger partial charge in [-0.2, -0.15) is 0 Å². The first-order valence-corrected chi connectivity index (χ1v) is 10.6. The highest BCUT2D eigenvalue weighted by Crippen LogP contribution is 2.27. The number of H-pyrrole nitrogens is 1. The highest BCUT2D eigenvalue weighted by atomic mass is 16.2. The zero-order valence-electron chi connectivity index (χ0n) is 17.3. The molecular formula is C26H22N4O2. The minimum atomic E-state index is -0.246. The lowest BCUT2D eigenvalue weighted by atomic mass is 10.1. The van der Waals surface area contributed by atoms with Crippen molar-refractivity contribution in [2.24, 2.45) is 0 Å². The Balaban J connectivity index is 1.28. The van der Waals surface area contributed by atoms with Crippen LogP contribution in [0.4, 0.5) is 5.69 Å². The summed E-state index contributed by atoms with van der Waals surface area (Å²) in [5, 5.41) is 5.90. The summed E-state index contributed by atoms with van der Waals surface area (Å²) in [6.45, 7) is 0. The number of aromatic amines is 1. The number of nitrogens with one attached hydrogen (secondary N) is 3. The molecule has 2 amide bonds. The van der Waals surface area contributed by atoms with Crippen LogP contribution in [0.1, 0.15) is 28.8 Å². The van der Waals surface area contributed by atoms with Gasteiger partial charge in [0.05, 0.1) is 16.7 Å². The van der Waals surface area contributed by atoms with Crippen LogP contribution >= 0.6 is 0 Å². The normalized spacial score (nSPS) is 13.4. The molecule has 0 aliphatic heterocycles. The van der Waals surface area contributed by atoms with Crippen LogP contribution in [0, 0.1) is 0 Å². The maximum absolute atomic E-state index is 12.6. The van der Waals surface area contributed by atoms with Gasteiger partial charge in [-0.05, 0) is 60.9 Å². The third-order valence-corrected chi connectivity index (χ3v) is 5.34. The minimum absolute atomic E-state index is 0.0528. The van der Waals surface area contributed by atoms with Crippen LogP contribution in [0.15, 0.2) is 78.9 Å². The van der Waals surface area contributed by atoms with E-state index in [1.807, 2.05) is 60.7 Å². The van der Waals surface area contributed by atoms with Crippen molar-refractivity contribution in [3.8, 4) is 11.4 Å². The maximum atomic E-state index is 12.6. The van der Waals surface area contributed by atoms with E-state index in [4.69, 9.17) is 0 Å². The van der Waals surface area contributed by atoms with E-state index in [-0.39, 0.29) is 11.8 Å². The average Bonchev–Trinajstić information content (AvgIpc) is 3.52. The topological polar surface area (TPSA) is 86.9 Å². The number of imidazole rings is 1. The average molecular weight is 422 g/mol. The number of hydrogen-bond acceptors (Lipinski definition) is 3. The van der Waals surface area contributed by atoms with Gasteiger partial charge >= 0.3 is 0 Å². The standard InChI is InChI=1S/C26H22N4O2/c31-24(16-11-17-9-12-18(13-10-17)26(32)27-19-14-15-19)28-21-6-2-1-5-20(21)25-29-22-7-3-4-8-23(22)30-25/h1-13,16,19H,14-15H2,(H,27,32)(H,28,31)(H,29,30)/b16-11+. The van der Waals surface area contributed by atoms with E-state index in [0.29, 0.717) is 23.1 Å². The molecule has 6 heteroatoms. The molecule has 0 unspecified atom stereocenters. The molecular weight excluding hydrogens is 400 g/mol. The Bertz CT molecular complexity index is 1280. The summed E-state index contributed by atoms with van der Waals surface area (Å²) >= 11 is 0. The van der Waals surface area contributed by atoms with Gasteiger partial charge in [0, 0.05) is 23.2 Å². The summed E-state index contributed by atoms with van der Waals surface area (Å²) in [6, 6.07) is 22.9. The second kappa shape index (κ2) is 8.51. The molecule has 3 N–H and O–H groups in total. The van der Waals surface area contributed by atoms with Crippen molar-refractivity contribution in [1.82, 2.24) is 15.3 Å². The van der Waals surface area contributed by atoms with Gasteiger partial charge in [-0.3, -0.25) is 9.59 Å². The number of carbonyl (C=O) groups is 2. The van der Waals surface area contributed by atoms with Crippen molar-refractivity contribution in [1.29, 1.82) is 0 Å². The van der Waals surface area contributed by atoms with Crippen molar-refractivity contribution >= 4 is 34.6 Å². The van der Waals surface area contributed by atoms with Crippen LogP contribution in [0.3, 0.4) is 0 Å². The van der Waals surface area contributed by atoms with Crippen LogP contribution in [0.2, 0.25) is 0 Å². The molecule has 158 valence electrons. The number of carbonyl (C=O) groups excluding carboxylic acids is 2. The number of nitrogens with zero attached hydrogens (tertiary/aromatic N) is 1. The van der Waals surface area contributed by atoms with Crippen molar-refractivity contribution in [2.75, 3.05) is 5.32 Å². The van der Waals surface area contributed by atoms with E-state index < -0.39 is 0 Å².